The van der Waals surface area contributed by atoms with E-state index < -0.39 is 10.0 Å². The first kappa shape index (κ1) is 13.8. The first-order chi connectivity index (χ1) is 7.85. The number of nitrogens with two attached hydrogens (primary N) is 1. The van der Waals surface area contributed by atoms with E-state index in [4.69, 9.17) is 5.73 Å². The summed E-state index contributed by atoms with van der Waals surface area (Å²) in [5.74, 6) is 0.159. The minimum Gasteiger partial charge on any atom is -0.399 e. The van der Waals surface area contributed by atoms with Crippen LogP contribution in [0, 0.1) is 13.8 Å². The lowest BCUT2D eigenvalue weighted by atomic mass is 10.1. The molecule has 0 aliphatic heterocycles. The SMILES string of the molecule is CCCCS(=O)(=O)Nc1cc(C)c(N)cc1C. The molecule has 1 aromatic rings. The van der Waals surface area contributed by atoms with Crippen molar-refractivity contribution in [3.63, 3.8) is 0 Å². The van der Waals surface area contributed by atoms with Crippen molar-refractivity contribution in [2.45, 2.75) is 33.6 Å². The van der Waals surface area contributed by atoms with Gasteiger partial charge in [-0.05, 0) is 43.5 Å². The molecule has 0 saturated heterocycles. The Labute approximate surface area is 103 Å². The molecule has 0 radical (unpaired) electrons. The highest BCUT2D eigenvalue weighted by atomic mass is 32.2. The average molecular weight is 256 g/mol. The van der Waals surface area contributed by atoms with Crippen LogP contribution in [-0.2, 0) is 10.0 Å². The van der Waals surface area contributed by atoms with E-state index in [2.05, 4.69) is 4.72 Å². The lowest BCUT2D eigenvalue weighted by molar-refractivity contribution is 0.598. The zero-order valence-corrected chi connectivity index (χ0v) is 11.4. The third-order valence-corrected chi connectivity index (χ3v) is 4.00. The fraction of sp³-hybridized carbons (Fsp3) is 0.500. The highest BCUT2D eigenvalue weighted by Gasteiger charge is 2.11. The third-order valence-electron chi connectivity index (χ3n) is 2.65. The first-order valence-electron chi connectivity index (χ1n) is 5.73. The Morgan fingerprint density at radius 2 is 1.88 bits per heavy atom. The van der Waals surface area contributed by atoms with Gasteiger partial charge in [-0.1, -0.05) is 13.3 Å². The lowest BCUT2D eigenvalue weighted by Crippen LogP contribution is -2.17. The standard InChI is InChI=1S/C12H20N2O2S/c1-4-5-6-17(15,16)14-12-8-9(2)11(13)7-10(12)3/h7-8,14H,4-6,13H2,1-3H3. The van der Waals surface area contributed by atoms with E-state index in [-0.39, 0.29) is 5.75 Å². The molecule has 96 valence electrons. The molecule has 0 spiro atoms. The van der Waals surface area contributed by atoms with Gasteiger partial charge in [-0.2, -0.15) is 0 Å². The van der Waals surface area contributed by atoms with Gasteiger partial charge in [0.2, 0.25) is 10.0 Å². The average Bonchev–Trinajstić information content (AvgIpc) is 2.23. The summed E-state index contributed by atoms with van der Waals surface area (Å²) in [6.45, 7) is 5.67. The topological polar surface area (TPSA) is 72.2 Å². The van der Waals surface area contributed by atoms with Crippen molar-refractivity contribution < 1.29 is 8.42 Å². The second kappa shape index (κ2) is 5.40. The van der Waals surface area contributed by atoms with Crippen molar-refractivity contribution in [2.24, 2.45) is 0 Å². The minimum absolute atomic E-state index is 0.159. The van der Waals surface area contributed by atoms with Crippen LogP contribution in [0.2, 0.25) is 0 Å². The van der Waals surface area contributed by atoms with E-state index in [1.807, 2.05) is 20.8 Å². The molecule has 0 aromatic heterocycles. The molecule has 0 amide bonds. The number of benzene rings is 1. The molecule has 0 atom stereocenters. The zero-order chi connectivity index (χ0) is 13.1. The summed E-state index contributed by atoms with van der Waals surface area (Å²) in [5.41, 5.74) is 8.77. The third kappa shape index (κ3) is 3.93. The summed E-state index contributed by atoms with van der Waals surface area (Å²) in [4.78, 5) is 0. The molecular formula is C12H20N2O2S. The second-order valence-corrected chi connectivity index (χ2v) is 6.14. The monoisotopic (exact) mass is 256 g/mol. The number of unbranched alkanes of at least 4 members (excludes halogenated alkanes) is 1. The highest BCUT2D eigenvalue weighted by molar-refractivity contribution is 7.92. The maximum Gasteiger partial charge on any atom is 0.232 e. The van der Waals surface area contributed by atoms with E-state index in [1.165, 1.54) is 0 Å². The van der Waals surface area contributed by atoms with E-state index >= 15 is 0 Å². The van der Waals surface area contributed by atoms with Crippen molar-refractivity contribution in [1.29, 1.82) is 0 Å². The Balaban J connectivity index is 2.92. The van der Waals surface area contributed by atoms with Gasteiger partial charge in [0, 0.05) is 5.69 Å². The number of hydrogen-bond donors (Lipinski definition) is 2. The summed E-state index contributed by atoms with van der Waals surface area (Å²) >= 11 is 0. The molecule has 5 heteroatoms. The van der Waals surface area contributed by atoms with E-state index in [0.717, 1.165) is 17.5 Å². The number of sulfonamides is 1. The quantitative estimate of drug-likeness (QED) is 0.795. The molecule has 1 aromatic carbocycles. The van der Waals surface area contributed by atoms with Gasteiger partial charge in [0.25, 0.3) is 0 Å². The maximum atomic E-state index is 11.8. The van der Waals surface area contributed by atoms with Crippen LogP contribution in [0.25, 0.3) is 0 Å². The van der Waals surface area contributed by atoms with Gasteiger partial charge in [-0.15, -0.1) is 0 Å². The Kier molecular flexibility index (Phi) is 4.40. The predicted molar refractivity (Wildman–Crippen MR) is 72.6 cm³/mol. The summed E-state index contributed by atoms with van der Waals surface area (Å²) in [5, 5.41) is 0. The number of hydrogen-bond acceptors (Lipinski definition) is 3. The molecule has 0 saturated carbocycles. The molecule has 0 aliphatic carbocycles. The van der Waals surface area contributed by atoms with Crippen molar-refractivity contribution in [3.8, 4) is 0 Å². The molecule has 0 bridgehead atoms. The smallest absolute Gasteiger partial charge is 0.232 e. The van der Waals surface area contributed by atoms with Crippen LogP contribution in [0.3, 0.4) is 0 Å². The number of nitrogen functional groups attached to an aromatic ring is 1. The Morgan fingerprint density at radius 3 is 2.47 bits per heavy atom. The largest absolute Gasteiger partial charge is 0.399 e. The molecule has 0 aliphatic rings. The summed E-state index contributed by atoms with van der Waals surface area (Å²) in [7, 11) is -3.24. The van der Waals surface area contributed by atoms with Crippen molar-refractivity contribution in [2.75, 3.05) is 16.2 Å². The van der Waals surface area contributed by atoms with E-state index in [0.29, 0.717) is 17.8 Å². The van der Waals surface area contributed by atoms with Gasteiger partial charge >= 0.3 is 0 Å². The van der Waals surface area contributed by atoms with Crippen LogP contribution in [0.15, 0.2) is 12.1 Å². The Hall–Kier alpha value is -1.23. The fourth-order valence-electron chi connectivity index (χ4n) is 1.50. The van der Waals surface area contributed by atoms with Crippen LogP contribution >= 0.6 is 0 Å². The van der Waals surface area contributed by atoms with Crippen LogP contribution in [0.5, 0.6) is 0 Å². The van der Waals surface area contributed by atoms with Gasteiger partial charge < -0.3 is 5.73 Å². The van der Waals surface area contributed by atoms with E-state index in [9.17, 15) is 8.42 Å². The Morgan fingerprint density at radius 1 is 1.24 bits per heavy atom. The molecule has 0 fully saturated rings. The van der Waals surface area contributed by atoms with Gasteiger partial charge in [-0.3, -0.25) is 4.72 Å². The maximum absolute atomic E-state index is 11.8. The minimum atomic E-state index is -3.24. The van der Waals surface area contributed by atoms with Gasteiger partial charge in [0.15, 0.2) is 0 Å². The number of nitrogens with one attached hydrogen (secondary N) is 1. The van der Waals surface area contributed by atoms with Crippen LogP contribution in [0.1, 0.15) is 30.9 Å². The molecule has 4 nitrogen and oxygen atoms in total. The van der Waals surface area contributed by atoms with Gasteiger partial charge in [-0.25, -0.2) is 8.42 Å². The molecular weight excluding hydrogens is 236 g/mol. The number of rotatable bonds is 5. The van der Waals surface area contributed by atoms with Crippen molar-refractivity contribution in [1.82, 2.24) is 0 Å². The van der Waals surface area contributed by atoms with Crippen LogP contribution in [-0.4, -0.2) is 14.2 Å². The van der Waals surface area contributed by atoms with Crippen molar-refractivity contribution >= 4 is 21.4 Å². The Bertz CT molecular complexity index is 495. The number of aryl methyl sites for hydroxylation is 2. The summed E-state index contributed by atoms with van der Waals surface area (Å²) in [6.07, 6.45) is 1.53. The molecule has 3 N–H and O–H groups in total. The van der Waals surface area contributed by atoms with Crippen molar-refractivity contribution in [3.05, 3.63) is 23.3 Å². The van der Waals surface area contributed by atoms with Gasteiger partial charge in [0.1, 0.15) is 0 Å². The highest BCUT2D eigenvalue weighted by Crippen LogP contribution is 2.23. The second-order valence-electron chi connectivity index (χ2n) is 4.30. The number of anilines is 2. The summed E-state index contributed by atoms with van der Waals surface area (Å²) in [6, 6.07) is 3.56. The van der Waals surface area contributed by atoms with E-state index in [1.54, 1.807) is 12.1 Å². The molecule has 0 heterocycles. The summed E-state index contributed by atoms with van der Waals surface area (Å²) < 4.78 is 26.1. The van der Waals surface area contributed by atoms with Crippen LogP contribution < -0.4 is 10.5 Å². The fourth-order valence-corrected chi connectivity index (χ4v) is 2.83. The normalized spacial score (nSPS) is 11.5. The zero-order valence-electron chi connectivity index (χ0n) is 10.6. The van der Waals surface area contributed by atoms with Crippen LogP contribution in [0.4, 0.5) is 11.4 Å². The molecule has 0 unspecified atom stereocenters. The first-order valence-corrected chi connectivity index (χ1v) is 7.38. The predicted octanol–water partition coefficient (Wildman–Crippen LogP) is 2.43. The molecule has 1 rings (SSSR count). The lowest BCUT2D eigenvalue weighted by Gasteiger charge is -2.12. The molecule has 17 heavy (non-hydrogen) atoms. The van der Waals surface area contributed by atoms with Gasteiger partial charge in [0.05, 0.1) is 11.4 Å².